The number of sulfonamides is 1. The summed E-state index contributed by atoms with van der Waals surface area (Å²) in [6.07, 6.45) is 0. The Bertz CT molecular complexity index is 1240. The first-order valence-electron chi connectivity index (χ1n) is 10.1. The number of anilines is 1. The lowest BCUT2D eigenvalue weighted by molar-refractivity contribution is 0.0994. The summed E-state index contributed by atoms with van der Waals surface area (Å²) in [6.45, 7) is 9.08. The zero-order valence-electron chi connectivity index (χ0n) is 17.7. The molecular weight excluding hydrogens is 396 g/mol. The SMILES string of the molecule is CCN1C(=O)c2cccc3c(S(=O)(=O)NCc4ccc(C(C)(C)C)cc4)ccc1c23. The van der Waals surface area contributed by atoms with Crippen LogP contribution < -0.4 is 9.62 Å². The molecular formula is C24H26N2O3S. The first-order chi connectivity index (χ1) is 14.1. The number of benzene rings is 3. The molecule has 30 heavy (non-hydrogen) atoms. The van der Waals surface area contributed by atoms with Crippen molar-refractivity contribution in [3.8, 4) is 0 Å². The van der Waals surface area contributed by atoms with Gasteiger partial charge in [0.1, 0.15) is 0 Å². The molecule has 4 rings (SSSR count). The van der Waals surface area contributed by atoms with E-state index in [4.69, 9.17) is 0 Å². The number of hydrogen-bond donors (Lipinski definition) is 1. The van der Waals surface area contributed by atoms with Gasteiger partial charge < -0.3 is 4.90 Å². The van der Waals surface area contributed by atoms with Crippen LogP contribution in [0, 0.1) is 0 Å². The molecule has 0 saturated heterocycles. The first kappa shape index (κ1) is 20.6. The van der Waals surface area contributed by atoms with E-state index in [2.05, 4.69) is 25.5 Å². The van der Waals surface area contributed by atoms with Crippen molar-refractivity contribution in [1.82, 2.24) is 4.72 Å². The van der Waals surface area contributed by atoms with E-state index in [0.717, 1.165) is 11.3 Å². The van der Waals surface area contributed by atoms with E-state index in [0.29, 0.717) is 22.9 Å². The van der Waals surface area contributed by atoms with Gasteiger partial charge in [-0.1, -0.05) is 57.2 Å². The standard InChI is InChI=1S/C24H26N2O3S/c1-5-26-20-13-14-21(18-7-6-8-19(22(18)20)23(26)27)30(28,29)25-15-16-9-11-17(12-10-16)24(2,3)4/h6-14,25H,5,15H2,1-4H3. The molecule has 0 saturated carbocycles. The molecule has 5 nitrogen and oxygen atoms in total. The first-order valence-corrected chi connectivity index (χ1v) is 11.6. The topological polar surface area (TPSA) is 66.5 Å². The van der Waals surface area contributed by atoms with Gasteiger partial charge >= 0.3 is 0 Å². The summed E-state index contributed by atoms with van der Waals surface area (Å²) in [6, 6.07) is 16.6. The molecule has 0 fully saturated rings. The molecule has 0 spiro atoms. The van der Waals surface area contributed by atoms with Gasteiger partial charge in [0.15, 0.2) is 0 Å². The molecule has 1 amide bonds. The van der Waals surface area contributed by atoms with Gasteiger partial charge in [0, 0.05) is 29.4 Å². The average Bonchev–Trinajstić information content (AvgIpc) is 2.99. The predicted molar refractivity (Wildman–Crippen MR) is 120 cm³/mol. The second-order valence-corrected chi connectivity index (χ2v) is 10.4. The fourth-order valence-corrected chi connectivity index (χ4v) is 5.17. The molecule has 0 bridgehead atoms. The highest BCUT2D eigenvalue weighted by molar-refractivity contribution is 7.89. The van der Waals surface area contributed by atoms with E-state index >= 15 is 0 Å². The molecule has 6 heteroatoms. The van der Waals surface area contributed by atoms with Gasteiger partial charge in [-0.15, -0.1) is 0 Å². The molecule has 156 valence electrons. The summed E-state index contributed by atoms with van der Waals surface area (Å²) < 4.78 is 28.9. The Morgan fingerprint density at radius 1 is 0.967 bits per heavy atom. The maximum absolute atomic E-state index is 13.1. The third kappa shape index (κ3) is 3.40. The maximum Gasteiger partial charge on any atom is 0.258 e. The monoisotopic (exact) mass is 422 g/mol. The van der Waals surface area contributed by atoms with E-state index in [1.807, 2.05) is 31.2 Å². The van der Waals surface area contributed by atoms with E-state index in [1.165, 1.54) is 5.56 Å². The van der Waals surface area contributed by atoms with Crippen molar-refractivity contribution in [1.29, 1.82) is 0 Å². The van der Waals surface area contributed by atoms with Crippen molar-refractivity contribution in [3.05, 3.63) is 71.3 Å². The lowest BCUT2D eigenvalue weighted by Gasteiger charge is -2.19. The van der Waals surface area contributed by atoms with Crippen LogP contribution in [0.2, 0.25) is 0 Å². The van der Waals surface area contributed by atoms with Crippen LogP contribution in [0.25, 0.3) is 10.8 Å². The van der Waals surface area contributed by atoms with Crippen LogP contribution in [0.1, 0.15) is 49.2 Å². The summed E-state index contributed by atoms with van der Waals surface area (Å²) in [5, 5.41) is 1.28. The van der Waals surface area contributed by atoms with E-state index < -0.39 is 10.0 Å². The molecule has 0 unspecified atom stereocenters. The van der Waals surface area contributed by atoms with Crippen molar-refractivity contribution in [2.24, 2.45) is 0 Å². The minimum absolute atomic E-state index is 0.0481. The Labute approximate surface area is 177 Å². The highest BCUT2D eigenvalue weighted by atomic mass is 32.2. The number of carbonyl (C=O) groups is 1. The highest BCUT2D eigenvalue weighted by Crippen LogP contribution is 2.39. The van der Waals surface area contributed by atoms with Gasteiger partial charge in [-0.25, -0.2) is 13.1 Å². The van der Waals surface area contributed by atoms with E-state index in [9.17, 15) is 13.2 Å². The minimum atomic E-state index is -3.75. The largest absolute Gasteiger partial charge is 0.308 e. The zero-order valence-corrected chi connectivity index (χ0v) is 18.5. The molecule has 1 heterocycles. The molecule has 0 radical (unpaired) electrons. The van der Waals surface area contributed by atoms with Crippen molar-refractivity contribution in [2.45, 2.75) is 44.6 Å². The Hall–Kier alpha value is -2.70. The summed E-state index contributed by atoms with van der Waals surface area (Å²) in [5.74, 6) is -0.0838. The maximum atomic E-state index is 13.1. The van der Waals surface area contributed by atoms with Crippen molar-refractivity contribution in [2.75, 3.05) is 11.4 Å². The Kier molecular flexibility index (Phi) is 4.95. The lowest BCUT2D eigenvalue weighted by Crippen LogP contribution is -2.26. The van der Waals surface area contributed by atoms with Crippen molar-refractivity contribution in [3.63, 3.8) is 0 Å². The summed E-state index contributed by atoms with van der Waals surface area (Å²) in [7, 11) is -3.75. The summed E-state index contributed by atoms with van der Waals surface area (Å²) in [4.78, 5) is 14.5. The molecule has 0 atom stereocenters. The van der Waals surface area contributed by atoms with Crippen LogP contribution in [-0.2, 0) is 22.0 Å². The fourth-order valence-electron chi connectivity index (χ4n) is 3.95. The fraction of sp³-hybridized carbons (Fsp3) is 0.292. The molecule has 3 aromatic carbocycles. The minimum Gasteiger partial charge on any atom is -0.308 e. The predicted octanol–water partition coefficient (Wildman–Crippen LogP) is 4.60. The third-order valence-corrected chi connectivity index (χ3v) is 7.10. The van der Waals surface area contributed by atoms with Gasteiger partial charge in [-0.2, -0.15) is 0 Å². The van der Waals surface area contributed by atoms with Crippen LogP contribution in [0.3, 0.4) is 0 Å². The molecule has 1 aliphatic heterocycles. The second-order valence-electron chi connectivity index (χ2n) is 8.63. The van der Waals surface area contributed by atoms with Crippen LogP contribution in [0.4, 0.5) is 5.69 Å². The van der Waals surface area contributed by atoms with Crippen LogP contribution in [0.15, 0.2) is 59.5 Å². The average molecular weight is 423 g/mol. The van der Waals surface area contributed by atoms with Gasteiger partial charge in [-0.05, 0) is 41.7 Å². The number of hydrogen-bond acceptors (Lipinski definition) is 3. The number of rotatable bonds is 5. The molecule has 0 aromatic heterocycles. The van der Waals surface area contributed by atoms with Crippen molar-refractivity contribution < 1.29 is 13.2 Å². The van der Waals surface area contributed by atoms with E-state index in [1.54, 1.807) is 35.2 Å². The summed E-state index contributed by atoms with van der Waals surface area (Å²) >= 11 is 0. The highest BCUT2D eigenvalue weighted by Gasteiger charge is 2.31. The second kappa shape index (κ2) is 7.22. The lowest BCUT2D eigenvalue weighted by atomic mass is 9.87. The van der Waals surface area contributed by atoms with Gasteiger partial charge in [0.05, 0.1) is 10.6 Å². The van der Waals surface area contributed by atoms with E-state index in [-0.39, 0.29) is 22.8 Å². The molecule has 1 aliphatic rings. The molecule has 1 N–H and O–H groups in total. The van der Waals surface area contributed by atoms with Gasteiger partial charge in [0.25, 0.3) is 5.91 Å². The van der Waals surface area contributed by atoms with Gasteiger partial charge in [-0.3, -0.25) is 4.79 Å². The quantitative estimate of drug-likeness (QED) is 0.654. The Balaban J connectivity index is 1.66. The Morgan fingerprint density at radius 2 is 1.67 bits per heavy atom. The van der Waals surface area contributed by atoms with Crippen LogP contribution in [0.5, 0.6) is 0 Å². The van der Waals surface area contributed by atoms with Gasteiger partial charge in [0.2, 0.25) is 10.0 Å². The third-order valence-electron chi connectivity index (χ3n) is 5.64. The number of nitrogens with one attached hydrogen (secondary N) is 1. The number of nitrogens with zero attached hydrogens (tertiary/aromatic N) is 1. The summed E-state index contributed by atoms with van der Waals surface area (Å²) in [5.41, 5.74) is 3.47. The van der Waals surface area contributed by atoms with Crippen molar-refractivity contribution >= 4 is 32.4 Å². The number of carbonyl (C=O) groups excluding carboxylic acids is 1. The number of amides is 1. The zero-order chi connectivity index (χ0) is 21.7. The molecule has 0 aliphatic carbocycles. The smallest absolute Gasteiger partial charge is 0.258 e. The Morgan fingerprint density at radius 3 is 2.30 bits per heavy atom. The van der Waals surface area contributed by atoms with Crippen LogP contribution >= 0.6 is 0 Å². The molecule has 3 aromatic rings. The normalized spacial score (nSPS) is 14.0. The van der Waals surface area contributed by atoms with Crippen LogP contribution in [-0.4, -0.2) is 20.9 Å².